The molecule has 0 amide bonds. The Morgan fingerprint density at radius 1 is 0.900 bits per heavy atom. The molecular formula is C15H13Cl2NO2. The highest BCUT2D eigenvalue weighted by atomic mass is 35.5. The van der Waals surface area contributed by atoms with Crippen LogP contribution in [0.15, 0.2) is 36.4 Å². The van der Waals surface area contributed by atoms with Gasteiger partial charge in [0.05, 0.1) is 10.0 Å². The van der Waals surface area contributed by atoms with Crippen LogP contribution in [0.5, 0.6) is 11.5 Å². The maximum absolute atomic E-state index is 5.99. The minimum Gasteiger partial charge on any atom is -0.486 e. The van der Waals surface area contributed by atoms with Crippen molar-refractivity contribution in [2.45, 2.75) is 6.54 Å². The van der Waals surface area contributed by atoms with Crippen molar-refractivity contribution in [3.63, 3.8) is 0 Å². The topological polar surface area (TPSA) is 30.5 Å². The first-order valence-corrected chi connectivity index (χ1v) is 7.05. The molecule has 104 valence electrons. The van der Waals surface area contributed by atoms with Crippen LogP contribution in [0.3, 0.4) is 0 Å². The highest BCUT2D eigenvalue weighted by molar-refractivity contribution is 6.42. The van der Waals surface area contributed by atoms with E-state index in [1.165, 1.54) is 0 Å². The summed E-state index contributed by atoms with van der Waals surface area (Å²) < 4.78 is 11.0. The van der Waals surface area contributed by atoms with Gasteiger partial charge in [0.15, 0.2) is 11.5 Å². The molecule has 0 atom stereocenters. The van der Waals surface area contributed by atoms with Gasteiger partial charge in [0.1, 0.15) is 13.2 Å². The molecule has 2 aromatic carbocycles. The number of anilines is 1. The summed E-state index contributed by atoms with van der Waals surface area (Å²) in [5.41, 5.74) is 2.04. The number of fused-ring (bicyclic) bond motifs is 1. The lowest BCUT2D eigenvalue weighted by molar-refractivity contribution is 0.171. The first-order valence-electron chi connectivity index (χ1n) is 6.30. The fourth-order valence-electron chi connectivity index (χ4n) is 2.01. The van der Waals surface area contributed by atoms with Gasteiger partial charge in [-0.25, -0.2) is 0 Å². The maximum atomic E-state index is 5.99. The van der Waals surface area contributed by atoms with Gasteiger partial charge in [0.25, 0.3) is 0 Å². The Hall–Kier alpha value is -1.58. The van der Waals surface area contributed by atoms with E-state index in [0.29, 0.717) is 29.8 Å². The summed E-state index contributed by atoms with van der Waals surface area (Å²) in [4.78, 5) is 0. The van der Waals surface area contributed by atoms with Crippen molar-refractivity contribution in [3.05, 3.63) is 52.0 Å². The molecule has 1 aliphatic rings. The van der Waals surface area contributed by atoms with Gasteiger partial charge in [-0.2, -0.15) is 0 Å². The summed E-state index contributed by atoms with van der Waals surface area (Å²) in [5, 5.41) is 4.45. The first kappa shape index (κ1) is 13.4. The van der Waals surface area contributed by atoms with Crippen LogP contribution >= 0.6 is 23.2 Å². The third-order valence-electron chi connectivity index (χ3n) is 3.02. The second kappa shape index (κ2) is 5.81. The van der Waals surface area contributed by atoms with Crippen LogP contribution in [0.4, 0.5) is 5.69 Å². The number of hydrogen-bond donors (Lipinski definition) is 1. The summed E-state index contributed by atoms with van der Waals surface area (Å²) in [6.07, 6.45) is 0. The van der Waals surface area contributed by atoms with Crippen molar-refractivity contribution < 1.29 is 9.47 Å². The lowest BCUT2D eigenvalue weighted by Gasteiger charge is -2.19. The molecule has 0 aromatic heterocycles. The van der Waals surface area contributed by atoms with Crippen LogP contribution in [0.25, 0.3) is 0 Å². The third-order valence-corrected chi connectivity index (χ3v) is 3.76. The minimum atomic E-state index is 0.563. The molecule has 1 heterocycles. The van der Waals surface area contributed by atoms with Crippen LogP contribution in [0.1, 0.15) is 5.56 Å². The van der Waals surface area contributed by atoms with Gasteiger partial charge in [-0.1, -0.05) is 29.3 Å². The molecule has 0 bridgehead atoms. The smallest absolute Gasteiger partial charge is 0.163 e. The molecule has 3 nitrogen and oxygen atoms in total. The Bertz CT molecular complexity index is 631. The van der Waals surface area contributed by atoms with Gasteiger partial charge in [-0.15, -0.1) is 0 Å². The molecule has 0 aliphatic carbocycles. The van der Waals surface area contributed by atoms with Gasteiger partial charge in [0.2, 0.25) is 0 Å². The zero-order valence-corrected chi connectivity index (χ0v) is 12.2. The molecule has 0 spiro atoms. The number of benzene rings is 2. The van der Waals surface area contributed by atoms with Crippen LogP contribution < -0.4 is 14.8 Å². The standard InChI is InChI=1S/C15H13Cl2NO2/c16-12-3-1-10(7-13(12)17)9-18-11-2-4-14-15(8-11)20-6-5-19-14/h1-4,7-8,18H,5-6,9H2. The molecule has 1 aliphatic heterocycles. The summed E-state index contributed by atoms with van der Waals surface area (Å²) >= 11 is 11.9. The second-order valence-electron chi connectivity index (χ2n) is 4.46. The molecular weight excluding hydrogens is 297 g/mol. The Labute approximate surface area is 127 Å². The Balaban J connectivity index is 1.70. The SMILES string of the molecule is Clc1ccc(CNc2ccc3c(c2)OCCO3)cc1Cl. The van der Waals surface area contributed by atoms with Crippen molar-refractivity contribution in [2.24, 2.45) is 0 Å². The molecule has 20 heavy (non-hydrogen) atoms. The Kier molecular flexibility index (Phi) is 3.90. The molecule has 0 radical (unpaired) electrons. The number of halogens is 2. The zero-order valence-electron chi connectivity index (χ0n) is 10.7. The average Bonchev–Trinajstić information content (AvgIpc) is 2.48. The minimum absolute atomic E-state index is 0.563. The molecule has 3 rings (SSSR count). The van der Waals surface area contributed by atoms with E-state index in [1.54, 1.807) is 6.07 Å². The van der Waals surface area contributed by atoms with Gasteiger partial charge in [-0.05, 0) is 29.8 Å². The highest BCUT2D eigenvalue weighted by Crippen LogP contribution is 2.32. The van der Waals surface area contributed by atoms with Gasteiger partial charge < -0.3 is 14.8 Å². The van der Waals surface area contributed by atoms with Crippen molar-refractivity contribution >= 4 is 28.9 Å². The zero-order chi connectivity index (χ0) is 13.9. The van der Waals surface area contributed by atoms with E-state index >= 15 is 0 Å². The Morgan fingerprint density at radius 2 is 1.70 bits per heavy atom. The lowest BCUT2D eigenvalue weighted by Crippen LogP contribution is -2.15. The van der Waals surface area contributed by atoms with Crippen LogP contribution in [-0.2, 0) is 6.54 Å². The molecule has 0 saturated heterocycles. The summed E-state index contributed by atoms with van der Waals surface area (Å²) in [5.74, 6) is 1.56. The number of nitrogens with one attached hydrogen (secondary N) is 1. The van der Waals surface area contributed by atoms with Crippen LogP contribution in [-0.4, -0.2) is 13.2 Å². The quantitative estimate of drug-likeness (QED) is 0.913. The second-order valence-corrected chi connectivity index (χ2v) is 5.27. The van der Waals surface area contributed by atoms with Gasteiger partial charge in [0, 0.05) is 18.3 Å². The molecule has 0 fully saturated rings. The van der Waals surface area contributed by atoms with Gasteiger partial charge in [-0.3, -0.25) is 0 Å². The summed E-state index contributed by atoms with van der Waals surface area (Å²) in [7, 11) is 0. The number of rotatable bonds is 3. The van der Waals surface area contributed by atoms with Gasteiger partial charge >= 0.3 is 0 Å². The summed E-state index contributed by atoms with van der Waals surface area (Å²) in [6.45, 7) is 1.85. The van der Waals surface area contributed by atoms with Crippen molar-refractivity contribution in [2.75, 3.05) is 18.5 Å². The fourth-order valence-corrected chi connectivity index (χ4v) is 2.33. The number of hydrogen-bond acceptors (Lipinski definition) is 3. The predicted molar refractivity (Wildman–Crippen MR) is 81.2 cm³/mol. The highest BCUT2D eigenvalue weighted by Gasteiger charge is 2.11. The maximum Gasteiger partial charge on any atom is 0.163 e. The fraction of sp³-hybridized carbons (Fsp3) is 0.200. The Morgan fingerprint density at radius 3 is 2.50 bits per heavy atom. The molecule has 1 N–H and O–H groups in total. The normalized spacial score (nSPS) is 13.1. The van der Waals surface area contributed by atoms with Crippen LogP contribution in [0.2, 0.25) is 10.0 Å². The van der Waals surface area contributed by atoms with E-state index in [1.807, 2.05) is 30.3 Å². The van der Waals surface area contributed by atoms with Crippen molar-refractivity contribution in [3.8, 4) is 11.5 Å². The average molecular weight is 310 g/mol. The van der Waals surface area contributed by atoms with E-state index in [9.17, 15) is 0 Å². The van der Waals surface area contributed by atoms with E-state index in [0.717, 1.165) is 22.7 Å². The number of ether oxygens (including phenoxy) is 2. The van der Waals surface area contributed by atoms with Crippen LogP contribution in [0, 0.1) is 0 Å². The van der Waals surface area contributed by atoms with E-state index in [2.05, 4.69) is 5.32 Å². The largest absolute Gasteiger partial charge is 0.486 e. The first-order chi connectivity index (χ1) is 9.72. The third kappa shape index (κ3) is 2.94. The summed E-state index contributed by atoms with van der Waals surface area (Å²) in [6, 6.07) is 11.4. The van der Waals surface area contributed by atoms with E-state index in [4.69, 9.17) is 32.7 Å². The van der Waals surface area contributed by atoms with Crippen molar-refractivity contribution in [1.29, 1.82) is 0 Å². The monoisotopic (exact) mass is 309 g/mol. The molecule has 0 unspecified atom stereocenters. The molecule has 0 saturated carbocycles. The lowest BCUT2D eigenvalue weighted by atomic mass is 10.2. The van der Waals surface area contributed by atoms with E-state index in [-0.39, 0.29) is 0 Å². The molecule has 5 heteroatoms. The molecule has 2 aromatic rings. The predicted octanol–water partition coefficient (Wildman–Crippen LogP) is 4.38. The van der Waals surface area contributed by atoms with E-state index < -0.39 is 0 Å². The van der Waals surface area contributed by atoms with Crippen molar-refractivity contribution in [1.82, 2.24) is 0 Å².